The first-order valence-electron chi connectivity index (χ1n) is 10.7. The molecular formula is C23H24Cl3FN4O2. The predicted molar refractivity (Wildman–Crippen MR) is 128 cm³/mol. The molecule has 10 heteroatoms. The predicted octanol–water partition coefficient (Wildman–Crippen LogP) is 6.84. The van der Waals surface area contributed by atoms with Crippen molar-refractivity contribution in [3.8, 4) is 11.3 Å². The summed E-state index contributed by atoms with van der Waals surface area (Å²) in [5, 5.41) is 0.884. The highest BCUT2D eigenvalue weighted by molar-refractivity contribution is 6.39. The van der Waals surface area contributed by atoms with Gasteiger partial charge in [-0.05, 0) is 63.3 Å². The second-order valence-corrected chi connectivity index (χ2v) is 10.3. The van der Waals surface area contributed by atoms with Crippen LogP contribution >= 0.6 is 34.8 Å². The van der Waals surface area contributed by atoms with Crippen molar-refractivity contribution in [1.29, 1.82) is 0 Å². The molecule has 1 atom stereocenters. The highest BCUT2D eigenvalue weighted by Crippen LogP contribution is 2.40. The molecule has 1 aliphatic rings. The Balaban J connectivity index is 1.74. The van der Waals surface area contributed by atoms with Crippen LogP contribution in [0.4, 0.5) is 9.18 Å². The van der Waals surface area contributed by atoms with E-state index in [-0.39, 0.29) is 28.4 Å². The van der Waals surface area contributed by atoms with E-state index in [1.54, 1.807) is 27.7 Å². The first kappa shape index (κ1) is 24.0. The third-order valence-electron chi connectivity index (χ3n) is 5.52. The number of hydrogen-bond donors (Lipinski definition) is 0. The number of rotatable bonds is 3. The maximum Gasteiger partial charge on any atom is 0.410 e. The van der Waals surface area contributed by atoms with E-state index in [2.05, 4.69) is 9.97 Å². The van der Waals surface area contributed by atoms with E-state index in [0.29, 0.717) is 40.9 Å². The lowest BCUT2D eigenvalue weighted by molar-refractivity contribution is 0.0158. The van der Waals surface area contributed by atoms with Crippen molar-refractivity contribution in [3.63, 3.8) is 0 Å². The molecule has 3 aromatic rings. The van der Waals surface area contributed by atoms with Gasteiger partial charge in [-0.1, -0.05) is 29.3 Å². The fraction of sp³-hybridized carbons (Fsp3) is 0.435. The zero-order valence-corrected chi connectivity index (χ0v) is 20.8. The van der Waals surface area contributed by atoms with Gasteiger partial charge in [-0.2, -0.15) is 4.98 Å². The number of carbonyl (C=O) groups is 1. The Morgan fingerprint density at radius 2 is 1.94 bits per heavy atom. The lowest BCUT2D eigenvalue weighted by Gasteiger charge is -2.34. The van der Waals surface area contributed by atoms with Gasteiger partial charge >= 0.3 is 6.09 Å². The van der Waals surface area contributed by atoms with Crippen LogP contribution in [0.2, 0.25) is 15.3 Å². The van der Waals surface area contributed by atoms with Gasteiger partial charge in [0, 0.05) is 31.4 Å². The first-order valence-corrected chi connectivity index (χ1v) is 11.8. The SMILES string of the molecule is CC(C)(C)OC(=O)N1CCCC(Cn2c(-c3c(Cl)cccc3Cl)c(F)c3cnc(Cl)nc32)C1. The molecule has 2 aromatic heterocycles. The van der Waals surface area contributed by atoms with Gasteiger partial charge < -0.3 is 14.2 Å². The van der Waals surface area contributed by atoms with Crippen LogP contribution in [0, 0.1) is 11.7 Å². The maximum absolute atomic E-state index is 15.7. The zero-order chi connectivity index (χ0) is 23.9. The Morgan fingerprint density at radius 3 is 2.61 bits per heavy atom. The summed E-state index contributed by atoms with van der Waals surface area (Å²) in [5.41, 5.74) is 0.387. The topological polar surface area (TPSA) is 60.2 Å². The number of ether oxygens (including phenoxy) is 1. The van der Waals surface area contributed by atoms with Gasteiger partial charge in [-0.3, -0.25) is 0 Å². The molecule has 0 aliphatic carbocycles. The molecule has 1 fully saturated rings. The zero-order valence-electron chi connectivity index (χ0n) is 18.5. The van der Waals surface area contributed by atoms with E-state index in [4.69, 9.17) is 39.5 Å². The minimum absolute atomic E-state index is 0.0112. The minimum Gasteiger partial charge on any atom is -0.444 e. The number of nitrogens with zero attached hydrogens (tertiary/aromatic N) is 4. The van der Waals surface area contributed by atoms with Crippen molar-refractivity contribution < 1.29 is 13.9 Å². The van der Waals surface area contributed by atoms with Crippen molar-refractivity contribution in [2.45, 2.75) is 45.8 Å². The van der Waals surface area contributed by atoms with E-state index in [0.717, 1.165) is 12.8 Å². The molecule has 33 heavy (non-hydrogen) atoms. The van der Waals surface area contributed by atoms with Gasteiger partial charge in [0.05, 0.1) is 21.1 Å². The number of fused-ring (bicyclic) bond motifs is 1. The monoisotopic (exact) mass is 512 g/mol. The second kappa shape index (κ2) is 9.28. The fourth-order valence-corrected chi connectivity index (χ4v) is 4.88. The van der Waals surface area contributed by atoms with Gasteiger partial charge in [-0.15, -0.1) is 0 Å². The number of likely N-dealkylation sites (tertiary alicyclic amines) is 1. The molecule has 0 N–H and O–H groups in total. The normalized spacial score (nSPS) is 16.9. The van der Waals surface area contributed by atoms with E-state index < -0.39 is 11.4 Å². The molecule has 0 bridgehead atoms. The third kappa shape index (κ3) is 5.05. The van der Waals surface area contributed by atoms with Crippen LogP contribution in [0.3, 0.4) is 0 Å². The summed E-state index contributed by atoms with van der Waals surface area (Å²) in [7, 11) is 0. The van der Waals surface area contributed by atoms with Crippen molar-refractivity contribution in [1.82, 2.24) is 19.4 Å². The number of hydrogen-bond acceptors (Lipinski definition) is 4. The summed E-state index contributed by atoms with van der Waals surface area (Å²) in [6, 6.07) is 5.02. The van der Waals surface area contributed by atoms with Crippen molar-refractivity contribution in [2.24, 2.45) is 5.92 Å². The number of piperidine rings is 1. The molecule has 1 aliphatic heterocycles. The van der Waals surface area contributed by atoms with Crippen LogP contribution in [0.15, 0.2) is 24.4 Å². The maximum atomic E-state index is 15.7. The molecule has 3 heterocycles. The van der Waals surface area contributed by atoms with Crippen LogP contribution < -0.4 is 0 Å². The van der Waals surface area contributed by atoms with Crippen LogP contribution in [-0.4, -0.2) is 44.2 Å². The molecule has 0 radical (unpaired) electrons. The van der Waals surface area contributed by atoms with Gasteiger partial charge in [0.25, 0.3) is 0 Å². The quantitative estimate of drug-likeness (QED) is 0.360. The smallest absolute Gasteiger partial charge is 0.410 e. The van der Waals surface area contributed by atoms with Crippen molar-refractivity contribution >= 4 is 51.9 Å². The summed E-state index contributed by atoms with van der Waals surface area (Å²) in [4.78, 5) is 22.6. The molecular weight excluding hydrogens is 490 g/mol. The minimum atomic E-state index is -0.578. The highest BCUT2D eigenvalue weighted by atomic mass is 35.5. The van der Waals surface area contributed by atoms with Gasteiger partial charge in [0.2, 0.25) is 5.28 Å². The van der Waals surface area contributed by atoms with Gasteiger partial charge in [-0.25, -0.2) is 14.2 Å². The number of aromatic nitrogens is 3. The number of benzene rings is 1. The lowest BCUT2D eigenvalue weighted by Crippen LogP contribution is -2.43. The molecule has 1 saturated heterocycles. The highest BCUT2D eigenvalue weighted by Gasteiger charge is 2.30. The Kier molecular flexibility index (Phi) is 6.76. The summed E-state index contributed by atoms with van der Waals surface area (Å²) < 4.78 is 22.9. The average molecular weight is 514 g/mol. The molecule has 1 unspecified atom stereocenters. The van der Waals surface area contributed by atoms with Crippen LogP contribution in [0.1, 0.15) is 33.6 Å². The molecule has 6 nitrogen and oxygen atoms in total. The fourth-order valence-electron chi connectivity index (χ4n) is 4.18. The van der Waals surface area contributed by atoms with E-state index >= 15 is 4.39 Å². The van der Waals surface area contributed by atoms with Crippen LogP contribution in [-0.2, 0) is 11.3 Å². The second-order valence-electron chi connectivity index (χ2n) is 9.18. The largest absolute Gasteiger partial charge is 0.444 e. The van der Waals surface area contributed by atoms with E-state index in [9.17, 15) is 4.79 Å². The standard InChI is InChI=1S/C23H24Cl3FN4O2/c1-23(2,3)33-22(32)30-9-5-6-13(11-30)12-31-19(17-15(24)7-4-8-16(17)25)18(27)14-10-28-21(26)29-20(14)31/h4,7-8,10,13H,5-6,9,11-12H2,1-3H3. The average Bonchev–Trinajstić information content (AvgIpc) is 2.98. The third-order valence-corrected chi connectivity index (χ3v) is 6.33. The number of halogens is 4. The summed E-state index contributed by atoms with van der Waals surface area (Å²) >= 11 is 18.9. The summed E-state index contributed by atoms with van der Waals surface area (Å²) in [6.07, 6.45) is 2.67. The number of amides is 1. The van der Waals surface area contributed by atoms with Crippen molar-refractivity contribution in [3.05, 3.63) is 45.5 Å². The lowest BCUT2D eigenvalue weighted by atomic mass is 9.98. The molecule has 0 spiro atoms. The Labute approximate surface area is 206 Å². The molecule has 1 aromatic carbocycles. The Morgan fingerprint density at radius 1 is 1.24 bits per heavy atom. The summed E-state index contributed by atoms with van der Waals surface area (Å²) in [6.45, 7) is 7.00. The molecule has 176 valence electrons. The molecule has 1 amide bonds. The molecule has 4 rings (SSSR count). The first-order chi connectivity index (χ1) is 15.5. The Hall–Kier alpha value is -2.09. The van der Waals surface area contributed by atoms with Crippen LogP contribution in [0.5, 0.6) is 0 Å². The Bertz CT molecular complexity index is 1190. The van der Waals surface area contributed by atoms with E-state index in [1.165, 1.54) is 6.20 Å². The van der Waals surface area contributed by atoms with Gasteiger partial charge in [0.1, 0.15) is 11.2 Å². The molecule has 0 saturated carbocycles. The van der Waals surface area contributed by atoms with Crippen molar-refractivity contribution in [2.75, 3.05) is 13.1 Å². The van der Waals surface area contributed by atoms with Gasteiger partial charge in [0.15, 0.2) is 5.82 Å². The summed E-state index contributed by atoms with van der Waals surface area (Å²) in [5.74, 6) is -0.480. The number of carbonyl (C=O) groups excluding carboxylic acids is 1. The van der Waals surface area contributed by atoms with Crippen LogP contribution in [0.25, 0.3) is 22.3 Å². The van der Waals surface area contributed by atoms with E-state index in [1.807, 2.05) is 20.8 Å².